The molecule has 4 nitrogen and oxygen atoms in total. The van der Waals surface area contributed by atoms with E-state index in [0.29, 0.717) is 10.5 Å². The zero-order valence-electron chi connectivity index (χ0n) is 9.23. The van der Waals surface area contributed by atoms with Crippen molar-refractivity contribution in [3.8, 4) is 0 Å². The highest BCUT2D eigenvalue weighted by atomic mass is 32.2. The summed E-state index contributed by atoms with van der Waals surface area (Å²) in [6.45, 7) is 3.42. The zero-order chi connectivity index (χ0) is 12.1. The summed E-state index contributed by atoms with van der Waals surface area (Å²) in [6, 6.07) is 4.63. The van der Waals surface area contributed by atoms with E-state index in [1.54, 1.807) is 12.1 Å². The Morgan fingerprint density at radius 2 is 2.19 bits per heavy atom. The Bertz CT molecular complexity index is 418. The molecule has 0 saturated carbocycles. The Morgan fingerprint density at radius 3 is 2.69 bits per heavy atom. The van der Waals surface area contributed by atoms with Crippen LogP contribution in [0.15, 0.2) is 23.1 Å². The van der Waals surface area contributed by atoms with E-state index in [4.69, 9.17) is 0 Å². The number of hydrogen-bond donors (Lipinski definition) is 0. The summed E-state index contributed by atoms with van der Waals surface area (Å²) in [5, 5.41) is 10.8. The van der Waals surface area contributed by atoms with Crippen LogP contribution in [0.2, 0.25) is 0 Å². The lowest BCUT2D eigenvalue weighted by atomic mass is 10.1. The minimum atomic E-state index is -0.440. The lowest BCUT2D eigenvalue weighted by Crippen LogP contribution is -1.97. The number of rotatable bonds is 5. The van der Waals surface area contributed by atoms with Gasteiger partial charge in [-0.3, -0.25) is 14.9 Å². The van der Waals surface area contributed by atoms with Gasteiger partial charge in [0.2, 0.25) is 0 Å². The van der Waals surface area contributed by atoms with E-state index < -0.39 is 4.92 Å². The highest BCUT2D eigenvalue weighted by Crippen LogP contribution is 2.30. The van der Waals surface area contributed by atoms with Gasteiger partial charge in [0.15, 0.2) is 5.78 Å². The number of nitrogens with zero attached hydrogens (tertiary/aromatic N) is 1. The molecule has 0 aromatic heterocycles. The van der Waals surface area contributed by atoms with Gasteiger partial charge in [0.05, 0.1) is 9.82 Å². The second-order valence-electron chi connectivity index (χ2n) is 3.34. The van der Waals surface area contributed by atoms with Gasteiger partial charge in [0.25, 0.3) is 5.69 Å². The summed E-state index contributed by atoms with van der Waals surface area (Å²) in [5.41, 5.74) is 0.402. The number of Topliss-reactive ketones (excluding diaryl/α,β-unsaturated/α-hetero) is 1. The molecule has 0 spiro atoms. The number of carbonyl (C=O) groups is 1. The molecule has 0 saturated heterocycles. The van der Waals surface area contributed by atoms with Gasteiger partial charge in [-0.1, -0.05) is 6.92 Å². The lowest BCUT2D eigenvalue weighted by molar-refractivity contribution is -0.387. The second kappa shape index (κ2) is 5.65. The highest BCUT2D eigenvalue weighted by Gasteiger charge is 2.15. The molecule has 0 unspecified atom stereocenters. The van der Waals surface area contributed by atoms with Gasteiger partial charge >= 0.3 is 0 Å². The Balaban J connectivity index is 3.09. The predicted octanol–water partition coefficient (Wildman–Crippen LogP) is 3.30. The zero-order valence-corrected chi connectivity index (χ0v) is 10.0. The van der Waals surface area contributed by atoms with Crippen molar-refractivity contribution >= 4 is 23.2 Å². The van der Waals surface area contributed by atoms with Crippen LogP contribution in [0.1, 0.15) is 30.6 Å². The number of nitro groups is 1. The van der Waals surface area contributed by atoms with Crippen molar-refractivity contribution in [2.24, 2.45) is 0 Å². The molecule has 1 rings (SSSR count). The van der Waals surface area contributed by atoms with Crippen LogP contribution in [0.25, 0.3) is 0 Å². The van der Waals surface area contributed by atoms with Gasteiger partial charge in [-0.25, -0.2) is 0 Å². The quantitative estimate of drug-likeness (QED) is 0.342. The number of thioether (sulfide) groups is 1. The van der Waals surface area contributed by atoms with Gasteiger partial charge in [-0.05, 0) is 31.2 Å². The molecule has 0 aliphatic heterocycles. The molecule has 0 atom stereocenters. The maximum Gasteiger partial charge on any atom is 0.283 e. The molecule has 86 valence electrons. The summed E-state index contributed by atoms with van der Waals surface area (Å²) in [7, 11) is 0. The van der Waals surface area contributed by atoms with Gasteiger partial charge in [0, 0.05) is 11.6 Å². The Hall–Kier alpha value is -1.36. The van der Waals surface area contributed by atoms with E-state index in [2.05, 4.69) is 0 Å². The SMILES string of the molecule is CCCSc1ccc(C(C)=O)cc1[N+](=O)[O-]. The van der Waals surface area contributed by atoms with Crippen molar-refractivity contribution in [1.82, 2.24) is 0 Å². The van der Waals surface area contributed by atoms with Gasteiger partial charge < -0.3 is 0 Å². The largest absolute Gasteiger partial charge is 0.295 e. The van der Waals surface area contributed by atoms with Crippen molar-refractivity contribution in [2.75, 3.05) is 5.75 Å². The Morgan fingerprint density at radius 1 is 1.50 bits per heavy atom. The van der Waals surface area contributed by atoms with Crippen LogP contribution in [0.4, 0.5) is 5.69 Å². The number of benzene rings is 1. The van der Waals surface area contributed by atoms with Crippen LogP contribution >= 0.6 is 11.8 Å². The van der Waals surface area contributed by atoms with E-state index in [1.807, 2.05) is 6.92 Å². The topological polar surface area (TPSA) is 60.2 Å². The number of nitro benzene ring substituents is 1. The molecule has 0 aliphatic carbocycles. The first-order valence-electron chi connectivity index (χ1n) is 4.98. The maximum atomic E-state index is 11.1. The van der Waals surface area contributed by atoms with Crippen molar-refractivity contribution < 1.29 is 9.72 Å². The first-order valence-corrected chi connectivity index (χ1v) is 5.97. The summed E-state index contributed by atoms with van der Waals surface area (Å²) in [6.07, 6.45) is 0.955. The normalized spacial score (nSPS) is 10.1. The first-order chi connectivity index (χ1) is 7.56. The minimum Gasteiger partial charge on any atom is -0.295 e. The molecular weight excluding hydrogens is 226 g/mol. The van der Waals surface area contributed by atoms with E-state index >= 15 is 0 Å². The van der Waals surface area contributed by atoms with Crippen LogP contribution in [0.3, 0.4) is 0 Å². The fraction of sp³-hybridized carbons (Fsp3) is 0.364. The third-order valence-corrected chi connectivity index (χ3v) is 3.29. The molecule has 0 radical (unpaired) electrons. The third-order valence-electron chi connectivity index (χ3n) is 2.02. The molecular formula is C11H13NO3S. The van der Waals surface area contributed by atoms with Crippen molar-refractivity contribution in [3.05, 3.63) is 33.9 Å². The fourth-order valence-corrected chi connectivity index (χ4v) is 2.08. The van der Waals surface area contributed by atoms with Crippen LogP contribution in [0.5, 0.6) is 0 Å². The summed E-state index contributed by atoms with van der Waals surface area (Å²) in [4.78, 5) is 22.1. The average Bonchev–Trinajstić information content (AvgIpc) is 2.25. The molecule has 0 amide bonds. The van der Waals surface area contributed by atoms with Crippen molar-refractivity contribution in [1.29, 1.82) is 0 Å². The van der Waals surface area contributed by atoms with Crippen LogP contribution in [0, 0.1) is 10.1 Å². The van der Waals surface area contributed by atoms with Crippen molar-refractivity contribution in [2.45, 2.75) is 25.2 Å². The van der Waals surface area contributed by atoms with E-state index in [0.717, 1.165) is 12.2 Å². The Labute approximate surface area is 98.2 Å². The number of hydrogen-bond acceptors (Lipinski definition) is 4. The molecule has 0 N–H and O–H groups in total. The minimum absolute atomic E-state index is 0.0196. The molecule has 0 bridgehead atoms. The van der Waals surface area contributed by atoms with Crippen LogP contribution in [-0.4, -0.2) is 16.5 Å². The van der Waals surface area contributed by atoms with E-state index in [1.165, 1.54) is 24.8 Å². The second-order valence-corrected chi connectivity index (χ2v) is 4.48. The smallest absolute Gasteiger partial charge is 0.283 e. The standard InChI is InChI=1S/C11H13NO3S/c1-3-6-16-11-5-4-9(8(2)13)7-10(11)12(14)15/h4-5,7H,3,6H2,1-2H3. The molecule has 16 heavy (non-hydrogen) atoms. The van der Waals surface area contributed by atoms with E-state index in [-0.39, 0.29) is 11.5 Å². The van der Waals surface area contributed by atoms with Gasteiger partial charge in [0.1, 0.15) is 0 Å². The van der Waals surface area contributed by atoms with Crippen molar-refractivity contribution in [3.63, 3.8) is 0 Å². The molecule has 1 aromatic carbocycles. The third kappa shape index (κ3) is 3.06. The molecule has 1 aromatic rings. The van der Waals surface area contributed by atoms with Crippen LogP contribution < -0.4 is 0 Å². The fourth-order valence-electron chi connectivity index (χ4n) is 1.21. The molecule has 0 fully saturated rings. The summed E-state index contributed by atoms with van der Waals surface area (Å²) >= 11 is 1.44. The predicted molar refractivity (Wildman–Crippen MR) is 64.1 cm³/mol. The van der Waals surface area contributed by atoms with Crippen LogP contribution in [-0.2, 0) is 0 Å². The molecule has 5 heteroatoms. The summed E-state index contributed by atoms with van der Waals surface area (Å²) < 4.78 is 0. The molecule has 0 heterocycles. The monoisotopic (exact) mass is 239 g/mol. The van der Waals surface area contributed by atoms with Gasteiger partial charge in [-0.2, -0.15) is 0 Å². The van der Waals surface area contributed by atoms with E-state index in [9.17, 15) is 14.9 Å². The number of ketones is 1. The Kier molecular flexibility index (Phi) is 4.49. The number of carbonyl (C=O) groups excluding carboxylic acids is 1. The lowest BCUT2D eigenvalue weighted by Gasteiger charge is -2.03. The average molecular weight is 239 g/mol. The first kappa shape index (κ1) is 12.7. The van der Waals surface area contributed by atoms with Gasteiger partial charge in [-0.15, -0.1) is 11.8 Å². The molecule has 0 aliphatic rings. The summed E-state index contributed by atoms with van der Waals surface area (Å²) in [5.74, 6) is 0.676. The highest BCUT2D eigenvalue weighted by molar-refractivity contribution is 7.99. The maximum absolute atomic E-state index is 11.1.